The van der Waals surface area contributed by atoms with Crippen molar-refractivity contribution in [3.8, 4) is 5.75 Å². The zero-order valence-electron chi connectivity index (χ0n) is 13.4. The Morgan fingerprint density at radius 3 is 2.76 bits per heavy atom. The van der Waals surface area contributed by atoms with Crippen LogP contribution in [0.2, 0.25) is 0 Å². The predicted octanol–water partition coefficient (Wildman–Crippen LogP) is 2.65. The number of benzene rings is 1. The van der Waals surface area contributed by atoms with E-state index in [9.17, 15) is 4.79 Å². The normalized spacial score (nSPS) is 21.0. The minimum atomic E-state index is -0.723. The fourth-order valence-corrected chi connectivity index (χ4v) is 3.02. The molecule has 0 saturated heterocycles. The van der Waals surface area contributed by atoms with Crippen molar-refractivity contribution in [2.24, 2.45) is 5.92 Å². The first-order valence-electron chi connectivity index (χ1n) is 7.54. The van der Waals surface area contributed by atoms with Crippen LogP contribution < -0.4 is 10.1 Å². The van der Waals surface area contributed by atoms with Crippen LogP contribution in [0.4, 0.5) is 0 Å². The summed E-state index contributed by atoms with van der Waals surface area (Å²) in [6.07, 6.45) is 2.70. The smallest absolute Gasteiger partial charge is 0.330 e. The molecule has 0 fully saturated rings. The van der Waals surface area contributed by atoms with Gasteiger partial charge in [-0.3, -0.25) is 5.32 Å². The third kappa shape index (κ3) is 3.05. The Kier molecular flexibility index (Phi) is 4.88. The summed E-state index contributed by atoms with van der Waals surface area (Å²) in [5.74, 6) is 1.10. The van der Waals surface area contributed by atoms with Gasteiger partial charge in [0.25, 0.3) is 0 Å². The number of carbonyl (C=O) groups excluding carboxylic acids is 1. The molecule has 2 rings (SSSR count). The van der Waals surface area contributed by atoms with E-state index >= 15 is 0 Å². The second-order valence-electron chi connectivity index (χ2n) is 6.05. The molecule has 0 radical (unpaired) electrons. The van der Waals surface area contributed by atoms with Gasteiger partial charge < -0.3 is 9.47 Å². The summed E-state index contributed by atoms with van der Waals surface area (Å²) >= 11 is 0. The standard InChI is InChI=1S/C17H25NO3/c1-12(2)11-18-17(16(19)21-4)9-5-6-13-10-14(20-3)7-8-15(13)17/h7-8,10,12,18H,5-6,9,11H2,1-4H3. The topological polar surface area (TPSA) is 47.6 Å². The number of nitrogens with one attached hydrogen (secondary N) is 1. The van der Waals surface area contributed by atoms with Gasteiger partial charge in [-0.15, -0.1) is 0 Å². The lowest BCUT2D eigenvalue weighted by Gasteiger charge is -2.38. The minimum Gasteiger partial charge on any atom is -0.497 e. The molecule has 0 spiro atoms. The van der Waals surface area contributed by atoms with Crippen LogP contribution >= 0.6 is 0 Å². The van der Waals surface area contributed by atoms with Gasteiger partial charge in [-0.05, 0) is 55.0 Å². The quantitative estimate of drug-likeness (QED) is 0.847. The van der Waals surface area contributed by atoms with Gasteiger partial charge in [0.2, 0.25) is 0 Å². The largest absolute Gasteiger partial charge is 0.497 e. The molecule has 1 atom stereocenters. The first-order valence-corrected chi connectivity index (χ1v) is 7.54. The van der Waals surface area contributed by atoms with Crippen molar-refractivity contribution in [2.75, 3.05) is 20.8 Å². The van der Waals surface area contributed by atoms with Crippen molar-refractivity contribution in [1.82, 2.24) is 5.32 Å². The van der Waals surface area contributed by atoms with E-state index in [4.69, 9.17) is 9.47 Å². The number of rotatable bonds is 5. The lowest BCUT2D eigenvalue weighted by Crippen LogP contribution is -2.52. The van der Waals surface area contributed by atoms with Crippen molar-refractivity contribution < 1.29 is 14.3 Å². The van der Waals surface area contributed by atoms with E-state index in [1.54, 1.807) is 7.11 Å². The van der Waals surface area contributed by atoms with Crippen LogP contribution in [0.25, 0.3) is 0 Å². The predicted molar refractivity (Wildman–Crippen MR) is 82.5 cm³/mol. The molecule has 1 aliphatic rings. The molecule has 21 heavy (non-hydrogen) atoms. The molecular formula is C17H25NO3. The highest BCUT2D eigenvalue weighted by Crippen LogP contribution is 2.38. The van der Waals surface area contributed by atoms with Gasteiger partial charge in [0.1, 0.15) is 11.3 Å². The molecule has 116 valence electrons. The number of fused-ring (bicyclic) bond motifs is 1. The van der Waals surface area contributed by atoms with E-state index in [-0.39, 0.29) is 5.97 Å². The average molecular weight is 291 g/mol. The van der Waals surface area contributed by atoms with Crippen LogP contribution in [0.3, 0.4) is 0 Å². The Labute approximate surface area is 126 Å². The van der Waals surface area contributed by atoms with Gasteiger partial charge in [-0.25, -0.2) is 4.79 Å². The summed E-state index contributed by atoms with van der Waals surface area (Å²) in [5.41, 5.74) is 1.48. The highest BCUT2D eigenvalue weighted by atomic mass is 16.5. The van der Waals surface area contributed by atoms with Crippen LogP contribution in [-0.2, 0) is 21.5 Å². The van der Waals surface area contributed by atoms with Gasteiger partial charge in [0.05, 0.1) is 14.2 Å². The monoisotopic (exact) mass is 291 g/mol. The van der Waals surface area contributed by atoms with Gasteiger partial charge in [-0.2, -0.15) is 0 Å². The molecule has 1 N–H and O–H groups in total. The average Bonchev–Trinajstić information content (AvgIpc) is 2.51. The highest BCUT2D eigenvalue weighted by molar-refractivity contribution is 5.83. The maximum atomic E-state index is 12.5. The molecule has 4 nitrogen and oxygen atoms in total. The van der Waals surface area contributed by atoms with Crippen molar-refractivity contribution in [3.63, 3.8) is 0 Å². The summed E-state index contributed by atoms with van der Waals surface area (Å²) in [5, 5.41) is 3.46. The van der Waals surface area contributed by atoms with Gasteiger partial charge >= 0.3 is 5.97 Å². The van der Waals surface area contributed by atoms with E-state index in [0.29, 0.717) is 5.92 Å². The molecule has 0 aliphatic heterocycles. The van der Waals surface area contributed by atoms with E-state index in [1.165, 1.54) is 12.7 Å². The zero-order valence-corrected chi connectivity index (χ0v) is 13.4. The summed E-state index contributed by atoms with van der Waals surface area (Å²) in [7, 11) is 3.12. The van der Waals surface area contributed by atoms with Crippen molar-refractivity contribution >= 4 is 5.97 Å². The molecule has 1 aromatic rings. The third-order valence-corrected chi connectivity index (χ3v) is 4.12. The van der Waals surface area contributed by atoms with Crippen molar-refractivity contribution in [3.05, 3.63) is 29.3 Å². The van der Waals surface area contributed by atoms with E-state index in [2.05, 4.69) is 19.2 Å². The maximum absolute atomic E-state index is 12.5. The first kappa shape index (κ1) is 15.8. The molecule has 0 saturated carbocycles. The molecule has 0 aromatic heterocycles. The van der Waals surface area contributed by atoms with Gasteiger partial charge in [0.15, 0.2) is 0 Å². The molecule has 4 heteroatoms. The lowest BCUT2D eigenvalue weighted by molar-refractivity contribution is -0.150. The maximum Gasteiger partial charge on any atom is 0.330 e. The van der Waals surface area contributed by atoms with Gasteiger partial charge in [0, 0.05) is 0 Å². The third-order valence-electron chi connectivity index (χ3n) is 4.12. The Balaban J connectivity index is 2.45. The number of hydrogen-bond acceptors (Lipinski definition) is 4. The number of methoxy groups -OCH3 is 2. The van der Waals surface area contributed by atoms with Crippen molar-refractivity contribution in [1.29, 1.82) is 0 Å². The van der Waals surface area contributed by atoms with Crippen LogP contribution in [-0.4, -0.2) is 26.7 Å². The summed E-state index contributed by atoms with van der Waals surface area (Å²) in [4.78, 5) is 12.5. The highest BCUT2D eigenvalue weighted by Gasteiger charge is 2.44. The van der Waals surface area contributed by atoms with Crippen LogP contribution in [0.1, 0.15) is 37.8 Å². The van der Waals surface area contributed by atoms with E-state index < -0.39 is 5.54 Å². The Morgan fingerprint density at radius 2 is 2.14 bits per heavy atom. The number of aryl methyl sites for hydroxylation is 1. The summed E-state index contributed by atoms with van der Waals surface area (Å²) in [6, 6.07) is 5.94. The lowest BCUT2D eigenvalue weighted by atomic mass is 9.76. The SMILES string of the molecule is COC(=O)C1(NCC(C)C)CCCc2cc(OC)ccc21. The number of carbonyl (C=O) groups is 1. The van der Waals surface area contributed by atoms with Crippen LogP contribution in [0.5, 0.6) is 5.75 Å². The number of hydrogen-bond donors (Lipinski definition) is 1. The summed E-state index contributed by atoms with van der Waals surface area (Å²) in [6.45, 7) is 5.05. The fraction of sp³-hybridized carbons (Fsp3) is 0.588. The van der Waals surface area contributed by atoms with Gasteiger partial charge in [-0.1, -0.05) is 19.9 Å². The number of ether oxygens (including phenoxy) is 2. The summed E-state index contributed by atoms with van der Waals surface area (Å²) < 4.78 is 10.4. The molecule has 1 aliphatic carbocycles. The molecule has 0 bridgehead atoms. The molecule has 1 unspecified atom stereocenters. The van der Waals surface area contributed by atoms with E-state index in [0.717, 1.165) is 37.1 Å². The zero-order chi connectivity index (χ0) is 15.5. The fourth-order valence-electron chi connectivity index (χ4n) is 3.02. The molecule has 1 aromatic carbocycles. The molecule has 0 heterocycles. The van der Waals surface area contributed by atoms with Crippen molar-refractivity contribution in [2.45, 2.75) is 38.6 Å². The second-order valence-corrected chi connectivity index (χ2v) is 6.05. The van der Waals surface area contributed by atoms with E-state index in [1.807, 2.05) is 18.2 Å². The molecule has 0 amide bonds. The second kappa shape index (κ2) is 6.48. The Morgan fingerprint density at radius 1 is 1.38 bits per heavy atom. The first-order chi connectivity index (χ1) is 10.0. The van der Waals surface area contributed by atoms with Crippen LogP contribution in [0.15, 0.2) is 18.2 Å². The number of esters is 1. The van der Waals surface area contributed by atoms with Crippen LogP contribution in [0, 0.1) is 5.92 Å². The minimum absolute atomic E-state index is 0.200. The molecular weight excluding hydrogens is 266 g/mol. The Hall–Kier alpha value is -1.55. The Bertz CT molecular complexity index is 513.